The van der Waals surface area contributed by atoms with Gasteiger partial charge >= 0.3 is 0 Å². The molecule has 0 saturated carbocycles. The number of likely N-dealkylation sites (N-methyl/N-ethyl adjacent to an activating group) is 1. The molecule has 0 amide bonds. The van der Waals surface area contributed by atoms with Crippen molar-refractivity contribution in [2.75, 3.05) is 20.1 Å². The van der Waals surface area contributed by atoms with Gasteiger partial charge in [0.25, 0.3) is 0 Å². The second-order valence-corrected chi connectivity index (χ2v) is 4.79. The van der Waals surface area contributed by atoms with E-state index in [1.54, 1.807) is 18.2 Å². The summed E-state index contributed by atoms with van der Waals surface area (Å²) in [6, 6.07) is 6.52. The molecular weight excluding hydrogens is 221 g/mol. The van der Waals surface area contributed by atoms with Gasteiger partial charge in [-0.1, -0.05) is 12.1 Å². The molecule has 2 aromatic rings. The van der Waals surface area contributed by atoms with Crippen LogP contribution in [0.5, 0.6) is 0 Å². The van der Waals surface area contributed by atoms with Crippen LogP contribution in [0.3, 0.4) is 0 Å². The Morgan fingerprint density at radius 1 is 1.47 bits per heavy atom. The molecule has 17 heavy (non-hydrogen) atoms. The third kappa shape index (κ3) is 1.64. The zero-order valence-corrected chi connectivity index (χ0v) is 9.61. The van der Waals surface area contributed by atoms with Crippen molar-refractivity contribution in [1.29, 1.82) is 0 Å². The molecule has 3 rings (SSSR count). The third-order valence-electron chi connectivity index (χ3n) is 3.39. The number of fused-ring (bicyclic) bond motifs is 1. The van der Waals surface area contributed by atoms with Crippen molar-refractivity contribution >= 4 is 11.0 Å². The smallest absolute Gasteiger partial charge is 0.170 e. The van der Waals surface area contributed by atoms with E-state index in [-0.39, 0.29) is 11.4 Å². The van der Waals surface area contributed by atoms with Crippen LogP contribution in [0.25, 0.3) is 11.0 Å². The number of furan rings is 1. The first-order chi connectivity index (χ1) is 8.08. The quantitative estimate of drug-likeness (QED) is 0.822. The lowest BCUT2D eigenvalue weighted by atomic mass is 10.00. The summed E-state index contributed by atoms with van der Waals surface area (Å²) >= 11 is 0. The van der Waals surface area contributed by atoms with E-state index >= 15 is 0 Å². The lowest BCUT2D eigenvalue weighted by Crippen LogP contribution is -2.28. The molecule has 0 radical (unpaired) electrons. The summed E-state index contributed by atoms with van der Waals surface area (Å²) in [5.74, 6) is 0.0747. The van der Waals surface area contributed by atoms with Gasteiger partial charge in [-0.2, -0.15) is 0 Å². The van der Waals surface area contributed by atoms with Gasteiger partial charge in [-0.15, -0.1) is 0 Å². The fourth-order valence-corrected chi connectivity index (χ4v) is 2.44. The number of β-amino-alcohol motifs (C(OH)–C–C–N with tert-alkyl or cyclic N) is 1. The normalized spacial score (nSPS) is 25.8. The molecule has 1 atom stereocenters. The van der Waals surface area contributed by atoms with Gasteiger partial charge in [-0.05, 0) is 25.6 Å². The number of rotatable bonds is 1. The van der Waals surface area contributed by atoms with Crippen LogP contribution in [0.15, 0.2) is 28.7 Å². The van der Waals surface area contributed by atoms with Crippen LogP contribution in [0.1, 0.15) is 12.2 Å². The maximum absolute atomic E-state index is 13.5. The highest BCUT2D eigenvalue weighted by Gasteiger charge is 2.39. The Bertz CT molecular complexity index is 566. The first kappa shape index (κ1) is 10.7. The fraction of sp³-hybridized carbons (Fsp3) is 0.385. The van der Waals surface area contributed by atoms with E-state index in [0.29, 0.717) is 24.1 Å². The van der Waals surface area contributed by atoms with Crippen LogP contribution >= 0.6 is 0 Å². The Morgan fingerprint density at radius 3 is 2.94 bits per heavy atom. The van der Waals surface area contributed by atoms with Crippen LogP contribution in [0.2, 0.25) is 0 Å². The molecule has 0 spiro atoms. The Labute approximate surface area is 98.4 Å². The summed E-state index contributed by atoms with van der Waals surface area (Å²) in [6.45, 7) is 1.34. The highest BCUT2D eigenvalue weighted by Crippen LogP contribution is 2.35. The number of hydrogen-bond donors (Lipinski definition) is 1. The van der Waals surface area contributed by atoms with E-state index < -0.39 is 5.60 Å². The molecule has 90 valence electrons. The molecule has 1 aliphatic heterocycles. The number of para-hydroxylation sites is 1. The van der Waals surface area contributed by atoms with E-state index in [9.17, 15) is 9.50 Å². The molecule has 1 fully saturated rings. The standard InChI is InChI=1S/C13H14FNO2/c1-15-6-5-13(16,8-15)11-7-9-3-2-4-10(14)12(9)17-11/h2-4,7,16H,5-6,8H2,1H3. The summed E-state index contributed by atoms with van der Waals surface area (Å²) in [5.41, 5.74) is -0.759. The average molecular weight is 235 g/mol. The summed E-state index contributed by atoms with van der Waals surface area (Å²) in [4.78, 5) is 2.03. The second kappa shape index (κ2) is 3.55. The molecule has 1 aromatic heterocycles. The van der Waals surface area contributed by atoms with Gasteiger partial charge in [0.05, 0.1) is 0 Å². The molecule has 1 aliphatic rings. The molecule has 1 unspecified atom stereocenters. The van der Waals surface area contributed by atoms with Gasteiger partial charge in [-0.25, -0.2) is 4.39 Å². The van der Waals surface area contributed by atoms with Gasteiger partial charge < -0.3 is 14.4 Å². The molecule has 3 nitrogen and oxygen atoms in total. The number of likely N-dealkylation sites (tertiary alicyclic amines) is 1. The minimum Gasteiger partial charge on any atom is -0.455 e. The largest absolute Gasteiger partial charge is 0.455 e. The number of benzene rings is 1. The van der Waals surface area contributed by atoms with Crippen molar-refractivity contribution in [2.45, 2.75) is 12.0 Å². The summed E-state index contributed by atoms with van der Waals surface area (Å²) in [5, 5.41) is 11.2. The topological polar surface area (TPSA) is 36.6 Å². The van der Waals surface area contributed by atoms with Crippen molar-refractivity contribution in [1.82, 2.24) is 4.90 Å². The third-order valence-corrected chi connectivity index (χ3v) is 3.39. The van der Waals surface area contributed by atoms with Crippen LogP contribution in [-0.2, 0) is 5.60 Å². The molecule has 0 aliphatic carbocycles. The summed E-state index contributed by atoms with van der Waals surface area (Å²) in [6.07, 6.45) is 0.616. The molecule has 4 heteroatoms. The second-order valence-electron chi connectivity index (χ2n) is 4.79. The van der Waals surface area contributed by atoms with Crippen molar-refractivity contribution < 1.29 is 13.9 Å². The van der Waals surface area contributed by atoms with Gasteiger partial charge in [0.2, 0.25) is 0 Å². The van der Waals surface area contributed by atoms with E-state index in [2.05, 4.69) is 0 Å². The van der Waals surface area contributed by atoms with Gasteiger partial charge in [0.1, 0.15) is 11.4 Å². The van der Waals surface area contributed by atoms with Crippen LogP contribution in [0.4, 0.5) is 4.39 Å². The van der Waals surface area contributed by atoms with E-state index in [0.717, 1.165) is 6.54 Å². The number of aliphatic hydroxyl groups is 1. The van der Waals surface area contributed by atoms with Crippen molar-refractivity contribution in [3.8, 4) is 0 Å². The zero-order valence-electron chi connectivity index (χ0n) is 9.61. The lowest BCUT2D eigenvalue weighted by Gasteiger charge is -2.19. The van der Waals surface area contributed by atoms with Crippen molar-refractivity contribution in [3.05, 3.63) is 35.8 Å². The maximum atomic E-state index is 13.5. The van der Waals surface area contributed by atoms with Gasteiger partial charge in [0.15, 0.2) is 11.4 Å². The monoisotopic (exact) mass is 235 g/mol. The van der Waals surface area contributed by atoms with Crippen LogP contribution in [-0.4, -0.2) is 30.1 Å². The highest BCUT2D eigenvalue weighted by molar-refractivity contribution is 5.78. The Hall–Kier alpha value is -1.39. The van der Waals surface area contributed by atoms with Gasteiger partial charge in [0, 0.05) is 18.5 Å². The molecule has 2 heterocycles. The highest BCUT2D eigenvalue weighted by atomic mass is 19.1. The van der Waals surface area contributed by atoms with Gasteiger partial charge in [-0.3, -0.25) is 0 Å². The average Bonchev–Trinajstić information content (AvgIpc) is 2.85. The van der Waals surface area contributed by atoms with E-state index in [4.69, 9.17) is 4.42 Å². The Balaban J connectivity index is 2.10. The summed E-state index contributed by atoms with van der Waals surface area (Å²) in [7, 11) is 1.95. The first-order valence-corrected chi connectivity index (χ1v) is 5.68. The Morgan fingerprint density at radius 2 is 2.29 bits per heavy atom. The predicted molar refractivity (Wildman–Crippen MR) is 62.2 cm³/mol. The molecule has 1 aromatic carbocycles. The SMILES string of the molecule is CN1CCC(O)(c2cc3cccc(F)c3o2)C1. The zero-order chi connectivity index (χ0) is 12.0. The van der Waals surface area contributed by atoms with Crippen LogP contribution in [0, 0.1) is 5.82 Å². The van der Waals surface area contributed by atoms with E-state index in [1.165, 1.54) is 6.07 Å². The van der Waals surface area contributed by atoms with Crippen molar-refractivity contribution in [2.24, 2.45) is 0 Å². The van der Waals surface area contributed by atoms with Crippen LogP contribution < -0.4 is 0 Å². The predicted octanol–water partition coefficient (Wildman–Crippen LogP) is 2.09. The van der Waals surface area contributed by atoms with Crippen molar-refractivity contribution in [3.63, 3.8) is 0 Å². The Kier molecular flexibility index (Phi) is 2.24. The van der Waals surface area contributed by atoms with E-state index in [1.807, 2.05) is 11.9 Å². The molecule has 1 saturated heterocycles. The maximum Gasteiger partial charge on any atom is 0.170 e. The number of hydrogen-bond acceptors (Lipinski definition) is 3. The summed E-state index contributed by atoms with van der Waals surface area (Å²) < 4.78 is 19.0. The lowest BCUT2D eigenvalue weighted by molar-refractivity contribution is 0.0280. The number of nitrogens with zero attached hydrogens (tertiary/aromatic N) is 1. The minimum atomic E-state index is -0.986. The first-order valence-electron chi connectivity index (χ1n) is 5.68. The molecule has 0 bridgehead atoms. The number of halogens is 1. The minimum absolute atomic E-state index is 0.227. The molecule has 1 N–H and O–H groups in total. The molecular formula is C13H14FNO2. The fourth-order valence-electron chi connectivity index (χ4n) is 2.44.